The normalized spacial score (nSPS) is 12.5. The fourth-order valence-corrected chi connectivity index (χ4v) is 1.45. The van der Waals surface area contributed by atoms with Crippen LogP contribution in [0, 0.1) is 0 Å². The largest absolute Gasteiger partial charge is 0.314 e. The lowest BCUT2D eigenvalue weighted by atomic mass is 10.1. The molecule has 0 fully saturated rings. The Labute approximate surface area is 90.0 Å². The Morgan fingerprint density at radius 2 is 2.00 bits per heavy atom. The fourth-order valence-electron chi connectivity index (χ4n) is 1.45. The molecule has 1 N–H and O–H groups in total. The first-order chi connectivity index (χ1) is 6.66. The second-order valence-electron chi connectivity index (χ2n) is 4.41. The van der Waals surface area contributed by atoms with Gasteiger partial charge in [-0.3, -0.25) is 0 Å². The van der Waals surface area contributed by atoms with E-state index >= 15 is 0 Å². The number of hydrogen-bond donors (Lipinski definition) is 1. The molecule has 0 aliphatic heterocycles. The number of rotatable bonds is 8. The highest BCUT2D eigenvalue weighted by atomic mass is 14.9. The lowest BCUT2D eigenvalue weighted by Gasteiger charge is -2.06. The number of unbranched alkanes of at least 4 members (excludes halogenated alkanes) is 2. The smallest absolute Gasteiger partial charge is 0.00105 e. The van der Waals surface area contributed by atoms with Gasteiger partial charge in [0.1, 0.15) is 0 Å². The first kappa shape index (κ1) is 13.7. The van der Waals surface area contributed by atoms with Crippen molar-refractivity contribution < 1.29 is 0 Å². The van der Waals surface area contributed by atoms with E-state index in [4.69, 9.17) is 0 Å². The van der Waals surface area contributed by atoms with Gasteiger partial charge in [0.15, 0.2) is 0 Å². The van der Waals surface area contributed by atoms with Crippen LogP contribution in [0.15, 0.2) is 11.6 Å². The van der Waals surface area contributed by atoms with E-state index in [9.17, 15) is 0 Å². The van der Waals surface area contributed by atoms with Crippen molar-refractivity contribution in [1.29, 1.82) is 0 Å². The molecule has 0 aliphatic carbocycles. The lowest BCUT2D eigenvalue weighted by Crippen LogP contribution is -2.23. The molecule has 1 heteroatoms. The van der Waals surface area contributed by atoms with Crippen LogP contribution in [0.5, 0.6) is 0 Å². The Bertz CT molecular complexity index is 147. The molecule has 0 atom stereocenters. The first-order valence-corrected chi connectivity index (χ1v) is 6.05. The van der Waals surface area contributed by atoms with Crippen molar-refractivity contribution in [2.75, 3.05) is 6.54 Å². The molecule has 0 aromatic heterocycles. The van der Waals surface area contributed by atoms with Gasteiger partial charge in [-0.25, -0.2) is 0 Å². The second-order valence-corrected chi connectivity index (χ2v) is 4.41. The minimum absolute atomic E-state index is 0.615. The van der Waals surface area contributed by atoms with E-state index in [-0.39, 0.29) is 0 Å². The predicted molar refractivity (Wildman–Crippen MR) is 65.7 cm³/mol. The van der Waals surface area contributed by atoms with Crippen molar-refractivity contribution in [1.82, 2.24) is 5.32 Å². The molecular weight excluding hydrogens is 170 g/mol. The molecule has 0 aliphatic rings. The standard InChI is InChI=1S/C13H27N/c1-5-6-7-9-13(4)10-8-11-14-12(2)3/h10,12,14H,5-9,11H2,1-4H3. The van der Waals surface area contributed by atoms with Gasteiger partial charge < -0.3 is 5.32 Å². The monoisotopic (exact) mass is 197 g/mol. The van der Waals surface area contributed by atoms with Gasteiger partial charge in [-0.2, -0.15) is 0 Å². The maximum atomic E-state index is 3.42. The van der Waals surface area contributed by atoms with Crippen molar-refractivity contribution >= 4 is 0 Å². The van der Waals surface area contributed by atoms with Gasteiger partial charge in [-0.1, -0.05) is 45.3 Å². The van der Waals surface area contributed by atoms with Crippen molar-refractivity contribution in [3.05, 3.63) is 11.6 Å². The maximum absolute atomic E-state index is 3.42. The van der Waals surface area contributed by atoms with E-state index in [0.29, 0.717) is 6.04 Å². The summed E-state index contributed by atoms with van der Waals surface area (Å²) in [4.78, 5) is 0. The van der Waals surface area contributed by atoms with Crippen LogP contribution >= 0.6 is 0 Å². The Balaban J connectivity index is 3.36. The third kappa shape index (κ3) is 9.79. The summed E-state index contributed by atoms with van der Waals surface area (Å²) in [6.07, 6.45) is 8.89. The molecule has 0 aromatic rings. The summed E-state index contributed by atoms with van der Waals surface area (Å²) >= 11 is 0. The van der Waals surface area contributed by atoms with Gasteiger partial charge in [-0.05, 0) is 32.7 Å². The summed E-state index contributed by atoms with van der Waals surface area (Å²) in [5.74, 6) is 0. The summed E-state index contributed by atoms with van der Waals surface area (Å²) in [5, 5.41) is 3.42. The predicted octanol–water partition coefficient (Wildman–Crippen LogP) is 3.90. The molecule has 0 bridgehead atoms. The van der Waals surface area contributed by atoms with Crippen LogP contribution in [-0.4, -0.2) is 12.6 Å². The Hall–Kier alpha value is -0.300. The van der Waals surface area contributed by atoms with Gasteiger partial charge in [0.25, 0.3) is 0 Å². The molecule has 0 heterocycles. The van der Waals surface area contributed by atoms with Gasteiger partial charge in [-0.15, -0.1) is 0 Å². The molecule has 0 rings (SSSR count). The second kappa shape index (κ2) is 9.26. The number of allylic oxidation sites excluding steroid dienone is 1. The lowest BCUT2D eigenvalue weighted by molar-refractivity contribution is 0.593. The molecule has 0 radical (unpaired) electrons. The Morgan fingerprint density at radius 1 is 1.29 bits per heavy atom. The molecule has 1 nitrogen and oxygen atoms in total. The quantitative estimate of drug-likeness (QED) is 0.459. The average molecular weight is 197 g/mol. The van der Waals surface area contributed by atoms with E-state index in [2.05, 4.69) is 39.1 Å². The maximum Gasteiger partial charge on any atom is 0.00105 e. The number of hydrogen-bond acceptors (Lipinski definition) is 1. The van der Waals surface area contributed by atoms with E-state index in [0.717, 1.165) is 6.54 Å². The highest BCUT2D eigenvalue weighted by Gasteiger charge is 1.92. The molecule has 0 saturated heterocycles. The summed E-state index contributed by atoms with van der Waals surface area (Å²) in [5.41, 5.74) is 1.56. The number of nitrogens with one attached hydrogen (secondary N) is 1. The van der Waals surface area contributed by atoms with Crippen LogP contribution in [0.1, 0.15) is 59.8 Å². The fraction of sp³-hybridized carbons (Fsp3) is 0.846. The van der Waals surface area contributed by atoms with Crippen molar-refractivity contribution in [3.63, 3.8) is 0 Å². The zero-order valence-corrected chi connectivity index (χ0v) is 10.4. The van der Waals surface area contributed by atoms with Crippen LogP contribution in [0.4, 0.5) is 0 Å². The zero-order valence-electron chi connectivity index (χ0n) is 10.4. The molecule has 0 amide bonds. The van der Waals surface area contributed by atoms with Gasteiger partial charge in [0.2, 0.25) is 0 Å². The zero-order chi connectivity index (χ0) is 10.8. The average Bonchev–Trinajstić information content (AvgIpc) is 2.13. The minimum atomic E-state index is 0.615. The topological polar surface area (TPSA) is 12.0 Å². The van der Waals surface area contributed by atoms with Crippen LogP contribution < -0.4 is 5.32 Å². The highest BCUT2D eigenvalue weighted by molar-refractivity contribution is 4.97. The van der Waals surface area contributed by atoms with Crippen LogP contribution in [0.2, 0.25) is 0 Å². The summed E-state index contributed by atoms with van der Waals surface area (Å²) in [7, 11) is 0. The van der Waals surface area contributed by atoms with Crippen LogP contribution in [0.25, 0.3) is 0 Å². The van der Waals surface area contributed by atoms with Gasteiger partial charge in [0.05, 0.1) is 0 Å². The van der Waals surface area contributed by atoms with Crippen molar-refractivity contribution in [3.8, 4) is 0 Å². The Morgan fingerprint density at radius 3 is 2.57 bits per heavy atom. The highest BCUT2D eigenvalue weighted by Crippen LogP contribution is 2.08. The van der Waals surface area contributed by atoms with Crippen LogP contribution in [0.3, 0.4) is 0 Å². The summed E-state index contributed by atoms with van der Waals surface area (Å²) < 4.78 is 0. The van der Waals surface area contributed by atoms with E-state index in [1.165, 1.54) is 32.1 Å². The molecule has 0 spiro atoms. The minimum Gasteiger partial charge on any atom is -0.314 e. The Kier molecular flexibility index (Phi) is 9.06. The molecule has 0 saturated carbocycles. The molecule has 0 aromatic carbocycles. The third-order valence-corrected chi connectivity index (χ3v) is 2.36. The van der Waals surface area contributed by atoms with E-state index < -0.39 is 0 Å². The van der Waals surface area contributed by atoms with Crippen molar-refractivity contribution in [2.45, 2.75) is 65.8 Å². The SMILES string of the molecule is CCCCCC(C)=CCCNC(C)C. The summed E-state index contributed by atoms with van der Waals surface area (Å²) in [6, 6.07) is 0.615. The third-order valence-electron chi connectivity index (χ3n) is 2.36. The first-order valence-electron chi connectivity index (χ1n) is 6.05. The van der Waals surface area contributed by atoms with Crippen molar-refractivity contribution in [2.24, 2.45) is 0 Å². The van der Waals surface area contributed by atoms with Crippen LogP contribution in [-0.2, 0) is 0 Å². The molecular formula is C13H27N. The van der Waals surface area contributed by atoms with E-state index in [1.54, 1.807) is 5.57 Å². The van der Waals surface area contributed by atoms with E-state index in [1.807, 2.05) is 0 Å². The van der Waals surface area contributed by atoms with Gasteiger partial charge in [0, 0.05) is 6.04 Å². The molecule has 14 heavy (non-hydrogen) atoms. The molecule has 0 unspecified atom stereocenters. The van der Waals surface area contributed by atoms with Gasteiger partial charge >= 0.3 is 0 Å². The summed E-state index contributed by atoms with van der Waals surface area (Å²) in [6.45, 7) is 10.0. The molecule has 84 valence electrons.